The van der Waals surface area contributed by atoms with Crippen LogP contribution in [0.4, 0.5) is 0 Å². The molecule has 0 aliphatic carbocycles. The van der Waals surface area contributed by atoms with E-state index in [1.807, 2.05) is 30.3 Å². The predicted octanol–water partition coefficient (Wildman–Crippen LogP) is 2.39. The second-order valence-electron chi connectivity index (χ2n) is 3.54. The van der Waals surface area contributed by atoms with Crippen molar-refractivity contribution in [2.24, 2.45) is 0 Å². The summed E-state index contributed by atoms with van der Waals surface area (Å²) in [5.41, 5.74) is 3.77. The zero-order valence-corrected chi connectivity index (χ0v) is 10.1. The molecule has 84 valence electrons. The molecule has 0 atom stereocenters. The summed E-state index contributed by atoms with van der Waals surface area (Å²) in [4.78, 5) is 5.09. The number of hydroxylamine groups is 1. The molecule has 0 aromatic heterocycles. The fourth-order valence-corrected chi connectivity index (χ4v) is 2.28. The summed E-state index contributed by atoms with van der Waals surface area (Å²) in [6.45, 7) is 1.01. The van der Waals surface area contributed by atoms with Crippen LogP contribution in [0.3, 0.4) is 0 Å². The van der Waals surface area contributed by atoms with Gasteiger partial charge in [0.25, 0.3) is 0 Å². The van der Waals surface area contributed by atoms with Crippen LogP contribution < -0.4 is 10.3 Å². The van der Waals surface area contributed by atoms with Gasteiger partial charge < -0.3 is 9.26 Å². The summed E-state index contributed by atoms with van der Waals surface area (Å²) in [6.07, 6.45) is 6.41. The Balaban J connectivity index is 0.000000138. The van der Waals surface area contributed by atoms with Crippen molar-refractivity contribution in [2.45, 2.75) is 18.9 Å². The highest BCUT2D eigenvalue weighted by atomic mass is 28.2. The van der Waals surface area contributed by atoms with Crippen LogP contribution in [0.2, 0.25) is 6.04 Å². The Labute approximate surface area is 98.4 Å². The second-order valence-corrected chi connectivity index (χ2v) is 4.62. The van der Waals surface area contributed by atoms with Gasteiger partial charge in [-0.2, -0.15) is 0 Å². The van der Waals surface area contributed by atoms with Gasteiger partial charge in [-0.3, -0.25) is 0 Å². The number of nitrogens with one attached hydrogen (secondary N) is 1. The van der Waals surface area contributed by atoms with Crippen molar-refractivity contribution in [1.29, 1.82) is 0 Å². The summed E-state index contributed by atoms with van der Waals surface area (Å²) in [6, 6.07) is 9.16. The summed E-state index contributed by atoms with van der Waals surface area (Å²) in [5.74, 6) is 0.880. The standard InChI is InChI=1S/C8H7NO.C4H8OSi/c1-2-4-8-7(3-1)5-6-9-10-8;1-2-4-6-5-3-1/h1-6,9H;1-4H2. The normalized spacial score (nSPS) is 17.2. The highest BCUT2D eigenvalue weighted by molar-refractivity contribution is 6.27. The molecule has 2 heterocycles. The molecule has 0 saturated carbocycles. The third-order valence-corrected chi connectivity index (χ3v) is 3.26. The van der Waals surface area contributed by atoms with Crippen molar-refractivity contribution >= 4 is 15.8 Å². The summed E-state index contributed by atoms with van der Waals surface area (Å²) in [7, 11) is 0.802. The highest BCUT2D eigenvalue weighted by Gasteiger charge is 2.01. The molecular formula is C12H15NO2Si. The lowest BCUT2D eigenvalue weighted by atomic mass is 10.2. The second kappa shape index (κ2) is 6.35. The van der Waals surface area contributed by atoms with Crippen LogP contribution >= 0.6 is 0 Å². The number of hydrogen-bond donors (Lipinski definition) is 1. The van der Waals surface area contributed by atoms with E-state index >= 15 is 0 Å². The lowest BCUT2D eigenvalue weighted by molar-refractivity contribution is 0.239. The molecule has 3 nitrogen and oxygen atoms in total. The molecule has 1 N–H and O–H groups in total. The number of fused-ring (bicyclic) bond motifs is 1. The van der Waals surface area contributed by atoms with Crippen LogP contribution in [0.1, 0.15) is 18.4 Å². The van der Waals surface area contributed by atoms with Crippen LogP contribution in [0, 0.1) is 0 Å². The van der Waals surface area contributed by atoms with Gasteiger partial charge in [0.05, 0.1) is 0 Å². The first-order valence-electron chi connectivity index (χ1n) is 5.49. The fraction of sp³-hybridized carbons (Fsp3) is 0.333. The average molecular weight is 233 g/mol. The van der Waals surface area contributed by atoms with E-state index < -0.39 is 0 Å². The van der Waals surface area contributed by atoms with E-state index in [1.54, 1.807) is 6.20 Å². The van der Waals surface area contributed by atoms with E-state index in [4.69, 9.17) is 9.26 Å². The first kappa shape index (κ1) is 11.2. The van der Waals surface area contributed by atoms with E-state index in [0.29, 0.717) is 0 Å². The monoisotopic (exact) mass is 233 g/mol. The summed E-state index contributed by atoms with van der Waals surface area (Å²) in [5, 5.41) is 0. The van der Waals surface area contributed by atoms with E-state index in [9.17, 15) is 0 Å². The fourth-order valence-electron chi connectivity index (χ4n) is 1.45. The number of rotatable bonds is 0. The van der Waals surface area contributed by atoms with Gasteiger partial charge in [0.2, 0.25) is 9.76 Å². The summed E-state index contributed by atoms with van der Waals surface area (Å²) >= 11 is 0. The highest BCUT2D eigenvalue weighted by Crippen LogP contribution is 2.20. The third kappa shape index (κ3) is 3.39. The van der Waals surface area contributed by atoms with Crippen LogP contribution in [0.5, 0.6) is 5.75 Å². The predicted molar refractivity (Wildman–Crippen MR) is 65.0 cm³/mol. The number of para-hydroxylation sites is 1. The SMILES string of the molecule is C1=Cc2ccccc2ON1.C1CC[Si]OC1. The van der Waals surface area contributed by atoms with Gasteiger partial charge in [-0.1, -0.05) is 24.6 Å². The lowest BCUT2D eigenvalue weighted by Gasteiger charge is -2.11. The zero-order chi connectivity index (χ0) is 11.1. The van der Waals surface area contributed by atoms with E-state index in [2.05, 4.69) is 5.48 Å². The molecule has 0 bridgehead atoms. The molecule has 1 aromatic rings. The molecule has 1 saturated heterocycles. The Morgan fingerprint density at radius 3 is 2.75 bits per heavy atom. The van der Waals surface area contributed by atoms with Gasteiger partial charge in [-0.15, -0.1) is 0 Å². The van der Waals surface area contributed by atoms with Crippen molar-refractivity contribution in [3.05, 3.63) is 36.0 Å². The Bertz CT molecular complexity index is 339. The van der Waals surface area contributed by atoms with Crippen LogP contribution in [-0.2, 0) is 4.43 Å². The van der Waals surface area contributed by atoms with Crippen LogP contribution in [-0.4, -0.2) is 16.4 Å². The van der Waals surface area contributed by atoms with Crippen molar-refractivity contribution in [3.8, 4) is 5.75 Å². The Hall–Kier alpha value is -1.26. The molecule has 2 aliphatic rings. The van der Waals surface area contributed by atoms with Crippen LogP contribution in [0.25, 0.3) is 6.08 Å². The quantitative estimate of drug-likeness (QED) is 0.698. The van der Waals surface area contributed by atoms with Crippen molar-refractivity contribution in [1.82, 2.24) is 5.48 Å². The van der Waals surface area contributed by atoms with Gasteiger partial charge >= 0.3 is 0 Å². The number of benzene rings is 1. The third-order valence-electron chi connectivity index (χ3n) is 2.30. The van der Waals surface area contributed by atoms with Gasteiger partial charge in [-0.25, -0.2) is 5.48 Å². The average Bonchev–Trinajstić information content (AvgIpc) is 2.42. The Kier molecular flexibility index (Phi) is 4.45. The minimum absolute atomic E-state index is 0.802. The first-order valence-corrected chi connectivity index (χ1v) is 6.61. The number of hydrogen-bond acceptors (Lipinski definition) is 3. The molecule has 0 spiro atoms. The van der Waals surface area contributed by atoms with Crippen molar-refractivity contribution < 1.29 is 9.26 Å². The van der Waals surface area contributed by atoms with Gasteiger partial charge in [0, 0.05) is 18.4 Å². The molecule has 0 unspecified atom stereocenters. The molecule has 2 aliphatic heterocycles. The maximum Gasteiger partial charge on any atom is 0.229 e. The first-order chi connectivity index (χ1) is 7.97. The lowest BCUT2D eigenvalue weighted by Crippen LogP contribution is -2.13. The molecular weight excluding hydrogens is 218 g/mol. The molecule has 1 fully saturated rings. The largest absolute Gasteiger partial charge is 0.417 e. The minimum Gasteiger partial charge on any atom is -0.417 e. The topological polar surface area (TPSA) is 30.5 Å². The van der Waals surface area contributed by atoms with Gasteiger partial charge in [0.15, 0.2) is 5.75 Å². The van der Waals surface area contributed by atoms with E-state index in [-0.39, 0.29) is 0 Å². The van der Waals surface area contributed by atoms with Crippen molar-refractivity contribution in [3.63, 3.8) is 0 Å². The molecule has 0 amide bonds. The maximum absolute atomic E-state index is 5.10. The molecule has 2 radical (unpaired) electrons. The molecule has 16 heavy (non-hydrogen) atoms. The Morgan fingerprint density at radius 1 is 1.19 bits per heavy atom. The zero-order valence-electron chi connectivity index (χ0n) is 9.11. The summed E-state index contributed by atoms with van der Waals surface area (Å²) < 4.78 is 5.10. The van der Waals surface area contributed by atoms with Crippen molar-refractivity contribution in [2.75, 3.05) is 6.61 Å². The molecule has 3 rings (SSSR count). The van der Waals surface area contributed by atoms with E-state index in [1.165, 1.54) is 18.9 Å². The maximum atomic E-state index is 5.10. The molecule has 4 heteroatoms. The smallest absolute Gasteiger partial charge is 0.229 e. The Morgan fingerprint density at radius 2 is 2.12 bits per heavy atom. The molecule has 1 aromatic carbocycles. The van der Waals surface area contributed by atoms with Gasteiger partial charge in [-0.05, 0) is 24.6 Å². The van der Waals surface area contributed by atoms with Gasteiger partial charge in [0.1, 0.15) is 0 Å². The van der Waals surface area contributed by atoms with E-state index in [0.717, 1.165) is 27.7 Å². The van der Waals surface area contributed by atoms with Crippen LogP contribution in [0.15, 0.2) is 30.5 Å². The minimum atomic E-state index is 0.802.